The number of thiophene rings is 1. The lowest BCUT2D eigenvalue weighted by atomic mass is 10.2. The number of aromatic nitrogens is 1. The highest BCUT2D eigenvalue weighted by atomic mass is 32.1. The maximum absolute atomic E-state index is 11.6. The van der Waals surface area contributed by atoms with Crippen LogP contribution >= 0.6 is 11.3 Å². The van der Waals surface area contributed by atoms with E-state index in [0.29, 0.717) is 24.6 Å². The quantitative estimate of drug-likeness (QED) is 0.668. The Morgan fingerprint density at radius 1 is 1.29 bits per heavy atom. The fourth-order valence-corrected chi connectivity index (χ4v) is 2.87. The maximum Gasteiger partial charge on any atom is 0.338 e. The fraction of sp³-hybridized carbons (Fsp3) is 0.222. The molecule has 1 aromatic carbocycles. The molecular formula is C18H18N2O3S. The molecule has 0 bridgehead atoms. The van der Waals surface area contributed by atoms with Crippen molar-refractivity contribution in [2.75, 3.05) is 11.9 Å². The second-order valence-corrected chi connectivity index (χ2v) is 6.10. The molecule has 0 unspecified atom stereocenters. The molecule has 0 saturated carbocycles. The molecule has 0 aliphatic rings. The van der Waals surface area contributed by atoms with Gasteiger partial charge in [0.15, 0.2) is 0 Å². The standard InChI is InChI=1S/C18H18N2O3S/c1-3-22-18(21)13-6-8-14(9-7-13)19-11-15-12(2)23-17(20-15)16-5-4-10-24-16/h4-10,19H,3,11H2,1-2H3. The van der Waals surface area contributed by atoms with Crippen LogP contribution in [-0.4, -0.2) is 17.6 Å². The number of aryl methyl sites for hydroxylation is 1. The van der Waals surface area contributed by atoms with Crippen molar-refractivity contribution in [1.29, 1.82) is 0 Å². The molecule has 24 heavy (non-hydrogen) atoms. The Morgan fingerprint density at radius 2 is 2.08 bits per heavy atom. The Bertz CT molecular complexity index is 807. The first-order valence-corrected chi connectivity index (χ1v) is 8.56. The number of anilines is 1. The number of rotatable bonds is 6. The summed E-state index contributed by atoms with van der Waals surface area (Å²) in [5.74, 6) is 1.14. The number of esters is 1. The molecule has 5 nitrogen and oxygen atoms in total. The molecule has 0 amide bonds. The number of hydrogen-bond acceptors (Lipinski definition) is 6. The fourth-order valence-electron chi connectivity index (χ4n) is 2.22. The SMILES string of the molecule is CCOC(=O)c1ccc(NCc2nc(-c3cccs3)oc2C)cc1. The summed E-state index contributed by atoms with van der Waals surface area (Å²) in [4.78, 5) is 17.2. The number of hydrogen-bond donors (Lipinski definition) is 1. The predicted octanol–water partition coefficient (Wildman–Crippen LogP) is 4.50. The average Bonchev–Trinajstić information content (AvgIpc) is 3.23. The van der Waals surface area contributed by atoms with Crippen molar-refractivity contribution in [3.05, 3.63) is 58.8 Å². The van der Waals surface area contributed by atoms with Gasteiger partial charge in [-0.2, -0.15) is 0 Å². The van der Waals surface area contributed by atoms with E-state index >= 15 is 0 Å². The zero-order valence-electron chi connectivity index (χ0n) is 13.5. The molecule has 2 heterocycles. The van der Waals surface area contributed by atoms with E-state index < -0.39 is 0 Å². The summed E-state index contributed by atoms with van der Waals surface area (Å²) in [5, 5.41) is 5.29. The molecule has 0 radical (unpaired) electrons. The van der Waals surface area contributed by atoms with Crippen LogP contribution in [0, 0.1) is 6.92 Å². The molecule has 0 spiro atoms. The van der Waals surface area contributed by atoms with E-state index in [-0.39, 0.29) is 5.97 Å². The second-order valence-electron chi connectivity index (χ2n) is 5.15. The van der Waals surface area contributed by atoms with Gasteiger partial charge < -0.3 is 14.5 Å². The lowest BCUT2D eigenvalue weighted by Crippen LogP contribution is -2.05. The number of carbonyl (C=O) groups excluding carboxylic acids is 1. The Labute approximate surface area is 144 Å². The van der Waals surface area contributed by atoms with Crippen LogP contribution in [-0.2, 0) is 11.3 Å². The van der Waals surface area contributed by atoms with Crippen molar-refractivity contribution in [2.45, 2.75) is 20.4 Å². The van der Waals surface area contributed by atoms with Gasteiger partial charge in [0.25, 0.3) is 0 Å². The third kappa shape index (κ3) is 3.65. The molecule has 3 aromatic rings. The summed E-state index contributed by atoms with van der Waals surface area (Å²) in [5.41, 5.74) is 2.32. The van der Waals surface area contributed by atoms with Gasteiger partial charge in [-0.25, -0.2) is 9.78 Å². The maximum atomic E-state index is 11.6. The molecule has 0 fully saturated rings. The molecule has 0 aliphatic heterocycles. The van der Waals surface area contributed by atoms with Crippen LogP contribution < -0.4 is 5.32 Å². The summed E-state index contributed by atoms with van der Waals surface area (Å²) < 4.78 is 10.7. The van der Waals surface area contributed by atoms with Crippen molar-refractivity contribution in [2.24, 2.45) is 0 Å². The van der Waals surface area contributed by atoms with Gasteiger partial charge in [0.1, 0.15) is 11.5 Å². The van der Waals surface area contributed by atoms with E-state index in [1.807, 2.05) is 36.6 Å². The molecule has 0 saturated heterocycles. The molecular weight excluding hydrogens is 324 g/mol. The first-order valence-electron chi connectivity index (χ1n) is 7.68. The lowest BCUT2D eigenvalue weighted by Gasteiger charge is -2.06. The average molecular weight is 342 g/mol. The Morgan fingerprint density at radius 3 is 2.75 bits per heavy atom. The summed E-state index contributed by atoms with van der Waals surface area (Å²) in [7, 11) is 0. The largest absolute Gasteiger partial charge is 0.462 e. The van der Waals surface area contributed by atoms with E-state index in [9.17, 15) is 4.79 Å². The summed E-state index contributed by atoms with van der Waals surface area (Å²) in [6, 6.07) is 11.1. The molecule has 2 aromatic heterocycles. The van der Waals surface area contributed by atoms with Crippen LogP contribution in [0.15, 0.2) is 46.2 Å². The Balaban J connectivity index is 1.65. The van der Waals surface area contributed by atoms with Gasteiger partial charge in [-0.1, -0.05) is 6.07 Å². The van der Waals surface area contributed by atoms with Crippen molar-refractivity contribution in [3.63, 3.8) is 0 Å². The molecule has 3 rings (SSSR count). The zero-order valence-corrected chi connectivity index (χ0v) is 14.4. The van der Waals surface area contributed by atoms with Crippen molar-refractivity contribution in [3.8, 4) is 10.8 Å². The van der Waals surface area contributed by atoms with Gasteiger partial charge in [0.2, 0.25) is 5.89 Å². The van der Waals surface area contributed by atoms with Gasteiger partial charge >= 0.3 is 5.97 Å². The van der Waals surface area contributed by atoms with Crippen molar-refractivity contribution < 1.29 is 13.9 Å². The van der Waals surface area contributed by atoms with E-state index in [1.165, 1.54) is 0 Å². The predicted molar refractivity (Wildman–Crippen MR) is 94.3 cm³/mol. The van der Waals surface area contributed by atoms with E-state index in [4.69, 9.17) is 9.15 Å². The molecule has 0 atom stereocenters. The minimum atomic E-state index is -0.308. The van der Waals surface area contributed by atoms with E-state index in [1.54, 1.807) is 30.4 Å². The number of ether oxygens (including phenoxy) is 1. The van der Waals surface area contributed by atoms with Crippen molar-refractivity contribution in [1.82, 2.24) is 4.98 Å². The van der Waals surface area contributed by atoms with Crippen LogP contribution in [0.25, 0.3) is 10.8 Å². The normalized spacial score (nSPS) is 10.6. The van der Waals surface area contributed by atoms with Gasteiger partial charge in [-0.3, -0.25) is 0 Å². The first-order chi connectivity index (χ1) is 11.7. The van der Waals surface area contributed by atoms with Gasteiger partial charge in [-0.05, 0) is 49.6 Å². The van der Waals surface area contributed by atoms with Gasteiger partial charge in [-0.15, -0.1) is 11.3 Å². The van der Waals surface area contributed by atoms with Crippen LogP contribution in [0.2, 0.25) is 0 Å². The van der Waals surface area contributed by atoms with E-state index in [0.717, 1.165) is 22.0 Å². The number of carbonyl (C=O) groups is 1. The second kappa shape index (κ2) is 7.31. The Kier molecular flexibility index (Phi) is 4.96. The summed E-state index contributed by atoms with van der Waals surface area (Å²) in [6.07, 6.45) is 0. The molecule has 6 heteroatoms. The highest BCUT2D eigenvalue weighted by molar-refractivity contribution is 7.13. The first kappa shape index (κ1) is 16.3. The summed E-state index contributed by atoms with van der Waals surface area (Å²) in [6.45, 7) is 4.62. The number of benzene rings is 1. The Hall–Kier alpha value is -2.60. The number of nitrogens with one attached hydrogen (secondary N) is 1. The molecule has 0 aliphatic carbocycles. The van der Waals surface area contributed by atoms with Crippen LogP contribution in [0.4, 0.5) is 5.69 Å². The molecule has 1 N–H and O–H groups in total. The highest BCUT2D eigenvalue weighted by Gasteiger charge is 2.12. The number of oxazole rings is 1. The number of nitrogens with zero attached hydrogens (tertiary/aromatic N) is 1. The molecule has 124 valence electrons. The van der Waals surface area contributed by atoms with Crippen LogP contribution in [0.5, 0.6) is 0 Å². The zero-order chi connectivity index (χ0) is 16.9. The van der Waals surface area contributed by atoms with Crippen LogP contribution in [0.3, 0.4) is 0 Å². The van der Waals surface area contributed by atoms with Crippen molar-refractivity contribution >= 4 is 23.0 Å². The smallest absolute Gasteiger partial charge is 0.338 e. The highest BCUT2D eigenvalue weighted by Crippen LogP contribution is 2.26. The third-order valence-electron chi connectivity index (χ3n) is 3.48. The summed E-state index contributed by atoms with van der Waals surface area (Å²) >= 11 is 1.60. The minimum Gasteiger partial charge on any atom is -0.462 e. The monoisotopic (exact) mass is 342 g/mol. The topological polar surface area (TPSA) is 64.4 Å². The minimum absolute atomic E-state index is 0.308. The lowest BCUT2D eigenvalue weighted by molar-refractivity contribution is 0.0526. The van der Waals surface area contributed by atoms with Crippen LogP contribution in [0.1, 0.15) is 28.7 Å². The van der Waals surface area contributed by atoms with Gasteiger partial charge in [0, 0.05) is 5.69 Å². The van der Waals surface area contributed by atoms with E-state index in [2.05, 4.69) is 10.3 Å². The van der Waals surface area contributed by atoms with Gasteiger partial charge in [0.05, 0.1) is 23.6 Å². The third-order valence-corrected chi connectivity index (χ3v) is 4.34.